The number of hydroxylamine groups is 1. The maximum absolute atomic E-state index is 5.32. The summed E-state index contributed by atoms with van der Waals surface area (Å²) in [6.45, 7) is 7.69. The molecule has 0 unspecified atom stereocenters. The molecule has 68 valence electrons. The number of nitrogens with one attached hydrogen (secondary N) is 1. The lowest BCUT2D eigenvalue weighted by Crippen LogP contribution is -2.36. The minimum absolute atomic E-state index is 0.0444. The van der Waals surface area contributed by atoms with Crippen molar-refractivity contribution in [2.45, 2.75) is 39.2 Å². The Hall–Kier alpha value is -0.120. The molecule has 0 aliphatic rings. The van der Waals surface area contributed by atoms with Crippen molar-refractivity contribution in [1.82, 2.24) is 5.48 Å². The van der Waals surface area contributed by atoms with Gasteiger partial charge in [0.1, 0.15) is 0 Å². The maximum atomic E-state index is 5.32. The molecule has 0 rings (SSSR count). The molecule has 0 saturated carbocycles. The molecule has 0 radical (unpaired) electrons. The molecule has 3 heteroatoms. The first kappa shape index (κ1) is 10.9. The molecule has 0 aromatic carbocycles. The third-order valence-electron chi connectivity index (χ3n) is 1.08. The van der Waals surface area contributed by atoms with Gasteiger partial charge in [-0.25, -0.2) is 0 Å². The van der Waals surface area contributed by atoms with Crippen molar-refractivity contribution in [2.24, 2.45) is 5.73 Å². The molecular weight excluding hydrogens is 140 g/mol. The van der Waals surface area contributed by atoms with Gasteiger partial charge < -0.3 is 10.6 Å². The van der Waals surface area contributed by atoms with Crippen LogP contribution in [0.1, 0.15) is 33.6 Å². The summed E-state index contributed by atoms with van der Waals surface area (Å²) in [5.74, 6) is 0. The zero-order valence-electron chi connectivity index (χ0n) is 7.81. The van der Waals surface area contributed by atoms with Gasteiger partial charge in [-0.1, -0.05) is 0 Å². The quantitative estimate of drug-likeness (QED) is 0.467. The third-order valence-corrected chi connectivity index (χ3v) is 1.08. The summed E-state index contributed by atoms with van der Waals surface area (Å²) in [5.41, 5.74) is 8.30. The summed E-state index contributed by atoms with van der Waals surface area (Å²) in [6, 6.07) is 0. The average Bonchev–Trinajstić information content (AvgIpc) is 1.85. The molecule has 0 heterocycles. The van der Waals surface area contributed by atoms with Crippen molar-refractivity contribution in [1.29, 1.82) is 0 Å². The molecule has 0 aliphatic heterocycles. The lowest BCUT2D eigenvalue weighted by Gasteiger charge is -2.19. The largest absolute Gasteiger partial charge is 0.330 e. The molecule has 0 saturated heterocycles. The summed E-state index contributed by atoms with van der Waals surface area (Å²) < 4.78 is 0. The lowest BCUT2D eigenvalue weighted by atomic mass is 10.1. The van der Waals surface area contributed by atoms with Gasteiger partial charge in [-0.05, 0) is 40.2 Å². The smallest absolute Gasteiger partial charge is 0.0682 e. The van der Waals surface area contributed by atoms with Crippen molar-refractivity contribution < 1.29 is 4.84 Å². The Labute approximate surface area is 69.3 Å². The predicted molar refractivity (Wildman–Crippen MR) is 47.1 cm³/mol. The Balaban J connectivity index is 3.02. The summed E-state index contributed by atoms with van der Waals surface area (Å²) in [5, 5.41) is 0. The summed E-state index contributed by atoms with van der Waals surface area (Å²) in [4.78, 5) is 5.19. The van der Waals surface area contributed by atoms with Crippen molar-refractivity contribution in [3.8, 4) is 0 Å². The minimum atomic E-state index is 0.0444. The van der Waals surface area contributed by atoms with E-state index < -0.39 is 0 Å². The van der Waals surface area contributed by atoms with Crippen molar-refractivity contribution in [3.05, 3.63) is 0 Å². The Morgan fingerprint density at radius 3 is 2.36 bits per heavy atom. The van der Waals surface area contributed by atoms with E-state index in [1.165, 1.54) is 0 Å². The zero-order valence-corrected chi connectivity index (χ0v) is 7.81. The molecule has 11 heavy (non-hydrogen) atoms. The standard InChI is InChI=1S/C8H20N2O/c1-8(2,3)10-11-7-5-4-6-9/h10H,4-7,9H2,1-3H3. The number of unbranched alkanes of at least 4 members (excludes halogenated alkanes) is 1. The van der Waals surface area contributed by atoms with Gasteiger partial charge in [-0.2, -0.15) is 5.48 Å². The molecule has 3 nitrogen and oxygen atoms in total. The zero-order chi connectivity index (χ0) is 8.74. The number of hydrogen-bond acceptors (Lipinski definition) is 3. The Bertz CT molecular complexity index is 88.6. The van der Waals surface area contributed by atoms with E-state index >= 15 is 0 Å². The topological polar surface area (TPSA) is 47.3 Å². The van der Waals surface area contributed by atoms with Gasteiger partial charge in [0.2, 0.25) is 0 Å². The third kappa shape index (κ3) is 9.88. The van der Waals surface area contributed by atoms with Gasteiger partial charge >= 0.3 is 0 Å². The molecule has 0 aromatic rings. The van der Waals surface area contributed by atoms with Crippen LogP contribution < -0.4 is 11.2 Å². The Morgan fingerprint density at radius 2 is 1.91 bits per heavy atom. The van der Waals surface area contributed by atoms with Crippen LogP contribution in [-0.2, 0) is 4.84 Å². The van der Waals surface area contributed by atoms with Gasteiger partial charge in [0.15, 0.2) is 0 Å². The fraction of sp³-hybridized carbons (Fsp3) is 1.00. The van der Waals surface area contributed by atoms with Crippen LogP contribution in [0.15, 0.2) is 0 Å². The fourth-order valence-corrected chi connectivity index (χ4v) is 0.586. The van der Waals surface area contributed by atoms with Crippen LogP contribution in [0.2, 0.25) is 0 Å². The molecule has 0 atom stereocenters. The van der Waals surface area contributed by atoms with E-state index in [0.717, 1.165) is 26.0 Å². The maximum Gasteiger partial charge on any atom is 0.0682 e. The van der Waals surface area contributed by atoms with Crippen molar-refractivity contribution in [3.63, 3.8) is 0 Å². The van der Waals surface area contributed by atoms with Crippen LogP contribution in [0.25, 0.3) is 0 Å². The van der Waals surface area contributed by atoms with Gasteiger partial charge in [0, 0.05) is 5.54 Å². The molecule has 0 aliphatic carbocycles. The van der Waals surface area contributed by atoms with Crippen LogP contribution in [0.4, 0.5) is 0 Å². The predicted octanol–water partition coefficient (Wildman–Crippen LogP) is 1.04. The number of rotatable bonds is 5. The van der Waals surface area contributed by atoms with Crippen LogP contribution in [0, 0.1) is 0 Å². The second-order valence-corrected chi connectivity index (χ2v) is 3.70. The van der Waals surface area contributed by atoms with Crippen LogP contribution in [0.5, 0.6) is 0 Å². The van der Waals surface area contributed by atoms with Crippen LogP contribution in [-0.4, -0.2) is 18.7 Å². The Kier molecular flexibility index (Phi) is 5.46. The van der Waals surface area contributed by atoms with E-state index in [1.807, 2.05) is 0 Å². The molecule has 0 fully saturated rings. The SMILES string of the molecule is CC(C)(C)NOCCCCN. The van der Waals surface area contributed by atoms with E-state index in [0.29, 0.717) is 0 Å². The van der Waals surface area contributed by atoms with Crippen LogP contribution >= 0.6 is 0 Å². The number of hydrogen-bond donors (Lipinski definition) is 2. The first-order valence-electron chi connectivity index (χ1n) is 4.15. The highest BCUT2D eigenvalue weighted by atomic mass is 16.6. The molecule has 0 spiro atoms. The van der Waals surface area contributed by atoms with E-state index in [2.05, 4.69) is 26.3 Å². The second kappa shape index (κ2) is 5.52. The van der Waals surface area contributed by atoms with Gasteiger partial charge in [-0.15, -0.1) is 0 Å². The van der Waals surface area contributed by atoms with E-state index in [1.54, 1.807) is 0 Å². The molecule has 0 amide bonds. The first-order chi connectivity index (χ1) is 5.06. The summed E-state index contributed by atoms with van der Waals surface area (Å²) >= 11 is 0. The molecule has 0 aromatic heterocycles. The normalized spacial score (nSPS) is 12.0. The molecular formula is C8H20N2O. The highest BCUT2D eigenvalue weighted by Gasteiger charge is 2.07. The highest BCUT2D eigenvalue weighted by Crippen LogP contribution is 1.98. The minimum Gasteiger partial charge on any atom is -0.330 e. The average molecular weight is 160 g/mol. The van der Waals surface area contributed by atoms with Crippen LogP contribution in [0.3, 0.4) is 0 Å². The van der Waals surface area contributed by atoms with E-state index in [4.69, 9.17) is 10.6 Å². The fourth-order valence-electron chi connectivity index (χ4n) is 0.586. The lowest BCUT2D eigenvalue weighted by molar-refractivity contribution is -0.00722. The van der Waals surface area contributed by atoms with Crippen molar-refractivity contribution >= 4 is 0 Å². The highest BCUT2D eigenvalue weighted by molar-refractivity contribution is 4.63. The van der Waals surface area contributed by atoms with Crippen molar-refractivity contribution in [2.75, 3.05) is 13.2 Å². The van der Waals surface area contributed by atoms with Gasteiger partial charge in [0.05, 0.1) is 6.61 Å². The Morgan fingerprint density at radius 1 is 1.27 bits per heavy atom. The second-order valence-electron chi connectivity index (χ2n) is 3.70. The van der Waals surface area contributed by atoms with Gasteiger partial charge in [-0.3, -0.25) is 0 Å². The monoisotopic (exact) mass is 160 g/mol. The van der Waals surface area contributed by atoms with Gasteiger partial charge in [0.25, 0.3) is 0 Å². The summed E-state index contributed by atoms with van der Waals surface area (Å²) in [7, 11) is 0. The molecule has 0 bridgehead atoms. The van der Waals surface area contributed by atoms with E-state index in [-0.39, 0.29) is 5.54 Å². The summed E-state index contributed by atoms with van der Waals surface area (Å²) in [6.07, 6.45) is 2.06. The molecule has 3 N–H and O–H groups in total. The first-order valence-corrected chi connectivity index (χ1v) is 4.15. The number of nitrogens with two attached hydrogens (primary N) is 1. The van der Waals surface area contributed by atoms with E-state index in [9.17, 15) is 0 Å².